The molecule has 8 aromatic rings. The minimum atomic E-state index is -0.0243. The Morgan fingerprint density at radius 1 is 0.531 bits per heavy atom. The van der Waals surface area contributed by atoms with E-state index in [0.717, 1.165) is 63.5 Å². The zero-order valence-corrected chi connectivity index (χ0v) is 26.9. The van der Waals surface area contributed by atoms with Crippen LogP contribution in [0.2, 0.25) is 0 Å². The number of para-hydroxylation sites is 2. The molecular weight excluding hydrogens is 608 g/mol. The Labute approximate surface area is 282 Å². The van der Waals surface area contributed by atoms with Crippen molar-refractivity contribution in [3.8, 4) is 22.8 Å². The molecule has 2 amide bonds. The molecule has 238 valence electrons. The molecule has 8 heteroatoms. The van der Waals surface area contributed by atoms with Gasteiger partial charge in [-0.25, -0.2) is 9.97 Å². The van der Waals surface area contributed by atoms with Crippen LogP contribution in [-0.4, -0.2) is 56.0 Å². The Balaban J connectivity index is 0.000000133. The van der Waals surface area contributed by atoms with Crippen LogP contribution in [0.15, 0.2) is 121 Å². The third-order valence-electron chi connectivity index (χ3n) is 9.70. The lowest BCUT2D eigenvalue weighted by Gasteiger charge is -2.14. The van der Waals surface area contributed by atoms with Gasteiger partial charge in [-0.1, -0.05) is 97.1 Å². The van der Waals surface area contributed by atoms with E-state index in [0.29, 0.717) is 18.7 Å². The van der Waals surface area contributed by atoms with Gasteiger partial charge < -0.3 is 19.4 Å². The van der Waals surface area contributed by atoms with Crippen molar-refractivity contribution >= 4 is 55.4 Å². The molecule has 0 atom stereocenters. The Hall–Kier alpha value is -6.28. The Kier molecular flexibility index (Phi) is 6.76. The molecule has 2 aliphatic rings. The normalized spacial score (nSPS) is 14.1. The van der Waals surface area contributed by atoms with E-state index >= 15 is 0 Å². The fraction of sp³-hybridized carbons (Fsp3) is 0.122. The third kappa shape index (κ3) is 4.67. The van der Waals surface area contributed by atoms with Crippen molar-refractivity contribution in [3.05, 3.63) is 132 Å². The topological polar surface area (TPSA) is 85.0 Å². The zero-order valence-electron chi connectivity index (χ0n) is 26.9. The lowest BCUT2D eigenvalue weighted by molar-refractivity contribution is 0.0798. The van der Waals surface area contributed by atoms with Crippen LogP contribution in [0.25, 0.3) is 66.4 Å². The van der Waals surface area contributed by atoms with Gasteiger partial charge in [0.2, 0.25) is 0 Å². The second kappa shape index (κ2) is 11.5. The van der Waals surface area contributed by atoms with Crippen LogP contribution in [0.4, 0.5) is 0 Å². The number of nitrogens with one attached hydrogen (secondary N) is 1. The first kappa shape index (κ1) is 28.9. The minimum Gasteiger partial charge on any atom is -0.350 e. The molecule has 0 bridgehead atoms. The van der Waals surface area contributed by atoms with Gasteiger partial charge in [-0.2, -0.15) is 0 Å². The van der Waals surface area contributed by atoms with Crippen molar-refractivity contribution in [1.29, 1.82) is 0 Å². The summed E-state index contributed by atoms with van der Waals surface area (Å²) in [5.41, 5.74) is 7.26. The smallest absolute Gasteiger partial charge is 0.255 e. The molecule has 49 heavy (non-hydrogen) atoms. The van der Waals surface area contributed by atoms with E-state index in [1.807, 2.05) is 55.6 Å². The predicted octanol–water partition coefficient (Wildman–Crippen LogP) is 7.54. The van der Waals surface area contributed by atoms with Gasteiger partial charge in [-0.3, -0.25) is 9.59 Å². The lowest BCUT2D eigenvalue weighted by atomic mass is 10.0. The molecule has 1 N–H and O–H groups in total. The minimum absolute atomic E-state index is 0.0243. The second-order valence-electron chi connectivity index (χ2n) is 12.6. The maximum absolute atomic E-state index is 12.7. The predicted molar refractivity (Wildman–Crippen MR) is 195 cm³/mol. The van der Waals surface area contributed by atoms with Gasteiger partial charge in [0.05, 0.1) is 33.2 Å². The van der Waals surface area contributed by atoms with Gasteiger partial charge in [0.1, 0.15) is 11.6 Å². The Morgan fingerprint density at radius 3 is 1.65 bits per heavy atom. The first-order chi connectivity index (χ1) is 24.1. The molecule has 0 spiro atoms. The summed E-state index contributed by atoms with van der Waals surface area (Å²) in [5.74, 6) is 1.89. The number of hydrogen-bond acceptors (Lipinski definition) is 4. The van der Waals surface area contributed by atoms with Crippen molar-refractivity contribution in [1.82, 2.24) is 29.3 Å². The van der Waals surface area contributed by atoms with Crippen LogP contribution in [0, 0.1) is 0 Å². The van der Waals surface area contributed by atoms with Crippen molar-refractivity contribution in [3.63, 3.8) is 0 Å². The summed E-state index contributed by atoms with van der Waals surface area (Å²) in [5, 5.41) is 7.71. The summed E-state index contributed by atoms with van der Waals surface area (Å²) in [4.78, 5) is 36.5. The summed E-state index contributed by atoms with van der Waals surface area (Å²) in [6, 6.07) is 40.8. The summed E-state index contributed by atoms with van der Waals surface area (Å²) >= 11 is 0. The number of amides is 2. The fourth-order valence-electron chi connectivity index (χ4n) is 7.35. The number of rotatable bonds is 2. The van der Waals surface area contributed by atoms with Gasteiger partial charge in [-0.05, 0) is 45.8 Å². The van der Waals surface area contributed by atoms with Gasteiger partial charge in [0.15, 0.2) is 0 Å². The highest BCUT2D eigenvalue weighted by atomic mass is 16.2. The number of imidazole rings is 2. The van der Waals surface area contributed by atoms with Crippen LogP contribution >= 0.6 is 0 Å². The summed E-state index contributed by atoms with van der Waals surface area (Å²) in [6.45, 7) is 2.75. The molecule has 0 unspecified atom stereocenters. The number of benzene rings is 6. The summed E-state index contributed by atoms with van der Waals surface area (Å²) in [7, 11) is 1.86. The second-order valence-corrected chi connectivity index (χ2v) is 12.6. The molecule has 10 rings (SSSR count). The molecular formula is C41H32N6O2. The average Bonchev–Trinajstić information content (AvgIpc) is 3.61. The molecule has 4 heterocycles. The van der Waals surface area contributed by atoms with Crippen molar-refractivity contribution in [2.45, 2.75) is 13.1 Å². The summed E-state index contributed by atoms with van der Waals surface area (Å²) in [6.07, 6.45) is 0. The molecule has 0 fully saturated rings. The number of likely N-dealkylation sites (N-methyl/N-ethyl adjacent to an activating group) is 1. The van der Waals surface area contributed by atoms with Crippen LogP contribution in [0.5, 0.6) is 0 Å². The van der Waals surface area contributed by atoms with E-state index in [9.17, 15) is 9.59 Å². The molecule has 2 aliphatic heterocycles. The van der Waals surface area contributed by atoms with Crippen LogP contribution in [-0.2, 0) is 13.1 Å². The van der Waals surface area contributed by atoms with Gasteiger partial charge in [0, 0.05) is 44.4 Å². The van der Waals surface area contributed by atoms with Crippen molar-refractivity contribution in [2.75, 3.05) is 20.1 Å². The highest BCUT2D eigenvalue weighted by Gasteiger charge is 2.25. The largest absolute Gasteiger partial charge is 0.350 e. The van der Waals surface area contributed by atoms with E-state index in [1.54, 1.807) is 4.90 Å². The number of fused-ring (bicyclic) bond motifs is 2. The Morgan fingerprint density at radius 2 is 1.02 bits per heavy atom. The fourth-order valence-corrected chi connectivity index (χ4v) is 7.35. The van der Waals surface area contributed by atoms with E-state index in [1.165, 1.54) is 21.5 Å². The highest BCUT2D eigenvalue weighted by Crippen LogP contribution is 2.34. The number of nitrogens with zero attached hydrogens (tertiary/aromatic N) is 5. The first-order valence-corrected chi connectivity index (χ1v) is 16.6. The molecule has 8 nitrogen and oxygen atoms in total. The van der Waals surface area contributed by atoms with E-state index in [2.05, 4.69) is 87.2 Å². The van der Waals surface area contributed by atoms with Gasteiger partial charge >= 0.3 is 0 Å². The molecule has 0 radical (unpaired) electrons. The van der Waals surface area contributed by atoms with Gasteiger partial charge in [0.25, 0.3) is 11.8 Å². The van der Waals surface area contributed by atoms with Crippen molar-refractivity contribution in [2.24, 2.45) is 0 Å². The molecule has 0 saturated heterocycles. The molecule has 2 aromatic heterocycles. The van der Waals surface area contributed by atoms with E-state index in [4.69, 9.17) is 9.97 Å². The first-order valence-electron chi connectivity index (χ1n) is 16.6. The highest BCUT2D eigenvalue weighted by molar-refractivity contribution is 6.08. The molecule has 0 saturated carbocycles. The van der Waals surface area contributed by atoms with Crippen molar-refractivity contribution < 1.29 is 9.59 Å². The monoisotopic (exact) mass is 640 g/mol. The SMILES string of the molecule is CN1CCn2c(-c3cccc4ccccc34)nc3cccc(c32)C1=O.O=C1NCCn2c(-c3cccc4ccccc34)nc3cccc1c32. The van der Waals surface area contributed by atoms with Crippen LogP contribution in [0.1, 0.15) is 20.7 Å². The number of hydrogen-bond donors (Lipinski definition) is 1. The Bertz CT molecular complexity index is 2600. The molecule has 6 aromatic carbocycles. The number of carbonyl (C=O) groups is 2. The van der Waals surface area contributed by atoms with E-state index in [-0.39, 0.29) is 11.8 Å². The average molecular weight is 641 g/mol. The number of aromatic nitrogens is 4. The maximum Gasteiger partial charge on any atom is 0.255 e. The third-order valence-corrected chi connectivity index (χ3v) is 9.70. The zero-order chi connectivity index (χ0) is 33.1. The lowest BCUT2D eigenvalue weighted by Crippen LogP contribution is -2.27. The van der Waals surface area contributed by atoms with Gasteiger partial charge in [-0.15, -0.1) is 0 Å². The molecule has 0 aliphatic carbocycles. The summed E-state index contributed by atoms with van der Waals surface area (Å²) < 4.78 is 4.37. The van der Waals surface area contributed by atoms with E-state index < -0.39 is 0 Å². The number of carbonyl (C=O) groups excluding carboxylic acids is 2. The maximum atomic E-state index is 12.7. The quantitative estimate of drug-likeness (QED) is 0.212. The standard InChI is InChI=1S/C21H17N3O.C20H15N3O/c1-23-12-13-24-19-17(21(23)25)10-5-11-18(19)22-20(24)16-9-4-7-14-6-2-3-8-15(14)16;24-20-16-9-4-10-17-18(16)23(12-11-21-20)19(22-17)15-8-3-6-13-5-1-2-7-14(13)15/h2-11H,12-13H2,1H3;1-10H,11-12H2,(H,21,24). The van der Waals surface area contributed by atoms with Crippen LogP contribution < -0.4 is 5.32 Å². The van der Waals surface area contributed by atoms with Crippen LogP contribution in [0.3, 0.4) is 0 Å².